The third-order valence-electron chi connectivity index (χ3n) is 11.3. The summed E-state index contributed by atoms with van der Waals surface area (Å²) >= 11 is 0. The summed E-state index contributed by atoms with van der Waals surface area (Å²) in [6.45, 7) is 13.1. The van der Waals surface area contributed by atoms with Crippen molar-refractivity contribution in [3.8, 4) is 0 Å². The Hall–Kier alpha value is -0.170. The van der Waals surface area contributed by atoms with Crippen molar-refractivity contribution in [1.82, 2.24) is 0 Å². The molecule has 35 heavy (non-hydrogen) atoms. The van der Waals surface area contributed by atoms with Gasteiger partial charge in [-0.15, -0.1) is 0 Å². The Morgan fingerprint density at radius 1 is 1.03 bits per heavy atom. The Morgan fingerprint density at radius 3 is 2.29 bits per heavy atom. The Balaban J connectivity index is 0.00000342. The van der Waals surface area contributed by atoms with Crippen LogP contribution in [0.1, 0.15) is 92.9 Å². The van der Waals surface area contributed by atoms with Gasteiger partial charge in [0.25, 0.3) is 0 Å². The number of aliphatic hydroxyl groups excluding tert-OH is 3. The van der Waals surface area contributed by atoms with Gasteiger partial charge in [-0.3, -0.25) is 0 Å². The molecule has 0 aromatic heterocycles. The van der Waals surface area contributed by atoms with Crippen molar-refractivity contribution in [2.45, 2.75) is 111 Å². The maximum atomic E-state index is 12.4. The van der Waals surface area contributed by atoms with Crippen molar-refractivity contribution in [3.63, 3.8) is 0 Å². The van der Waals surface area contributed by atoms with Gasteiger partial charge < -0.3 is 20.4 Å². The van der Waals surface area contributed by atoms with Gasteiger partial charge >= 0.3 is 5.97 Å². The molecule has 0 saturated heterocycles. The molecule has 6 heteroatoms. The third kappa shape index (κ3) is 4.44. The molecule has 193 valence electrons. The predicted octanol–water partition coefficient (Wildman–Crippen LogP) is 4.71. The molecule has 4 aliphatic rings. The summed E-state index contributed by atoms with van der Waals surface area (Å²) in [5.74, 6) is -0.375. The zero-order valence-electron chi connectivity index (χ0n) is 23.0. The summed E-state index contributed by atoms with van der Waals surface area (Å²) in [4.78, 5) is 12.4. The van der Waals surface area contributed by atoms with Gasteiger partial charge in [0.2, 0.25) is 0 Å². The number of fused-ring (bicyclic) bond motifs is 5. The number of rotatable bonds is 4. The van der Waals surface area contributed by atoms with Crippen LogP contribution in [0.5, 0.6) is 0 Å². The summed E-state index contributed by atoms with van der Waals surface area (Å²) in [5.41, 5.74) is 1.66. The molecular weight excluding hydrogens is 451 g/mol. The number of carbonyl (C=O) groups is 1. The van der Waals surface area contributed by atoms with Gasteiger partial charge in [0, 0.05) is 35.1 Å². The molecule has 4 saturated carbocycles. The van der Waals surface area contributed by atoms with Crippen molar-refractivity contribution >= 4 is 35.5 Å². The van der Waals surface area contributed by atoms with Crippen LogP contribution in [-0.4, -0.2) is 74.3 Å². The van der Waals surface area contributed by atoms with E-state index in [1.54, 1.807) is 0 Å². The molecule has 4 aliphatic carbocycles. The molecule has 0 heterocycles. The monoisotopic (exact) mass is 497 g/mol. The standard InChI is InChI=1S/C29H46O5.Na/c1-16(2)8-7-9-18(26(33)34)24-20-14-22(31)25-27(4)12-11-21(30)17(3)19(27)10-13-28(25,5)29(20,6)15-23(24)32;/h8,17,19-23,25,30-32H,7,9-15H2,1-6H3,(H,33,34);/b24-18-;/t17-,19-,20-,21+,22+,23-,25-,27-,28-,29-;/m0./s1. The maximum Gasteiger partial charge on any atom is 0.331 e. The predicted molar refractivity (Wildman–Crippen MR) is 139 cm³/mol. The fraction of sp³-hybridized carbons (Fsp3) is 0.828. The molecule has 1 radical (unpaired) electrons. The Kier molecular flexibility index (Phi) is 8.55. The molecule has 0 amide bonds. The van der Waals surface area contributed by atoms with Gasteiger partial charge in [0.05, 0.1) is 18.3 Å². The number of allylic oxidation sites excluding steroid dienone is 2. The average molecular weight is 498 g/mol. The van der Waals surface area contributed by atoms with Crippen LogP contribution in [0.15, 0.2) is 22.8 Å². The molecule has 10 atom stereocenters. The first-order valence-corrected chi connectivity index (χ1v) is 13.4. The van der Waals surface area contributed by atoms with E-state index < -0.39 is 18.2 Å². The van der Waals surface area contributed by atoms with Gasteiger partial charge in [0.1, 0.15) is 0 Å². The first-order chi connectivity index (χ1) is 15.8. The molecule has 4 fully saturated rings. The second-order valence-corrected chi connectivity index (χ2v) is 13.1. The van der Waals surface area contributed by atoms with Crippen LogP contribution in [0.2, 0.25) is 0 Å². The number of carboxylic acid groups (broad SMARTS) is 1. The van der Waals surface area contributed by atoms with Crippen LogP contribution in [0.3, 0.4) is 0 Å². The first-order valence-electron chi connectivity index (χ1n) is 13.4. The fourth-order valence-electron chi connectivity index (χ4n) is 9.51. The Bertz CT molecular complexity index is 894. The molecule has 0 unspecified atom stereocenters. The van der Waals surface area contributed by atoms with Crippen molar-refractivity contribution in [3.05, 3.63) is 22.8 Å². The van der Waals surface area contributed by atoms with Crippen molar-refractivity contribution < 1.29 is 25.2 Å². The molecule has 5 nitrogen and oxygen atoms in total. The normalized spacial score (nSPS) is 48.1. The van der Waals surface area contributed by atoms with E-state index in [2.05, 4.69) is 33.8 Å². The molecule has 0 aromatic carbocycles. The van der Waals surface area contributed by atoms with Gasteiger partial charge in [-0.05, 0) is 111 Å². The molecule has 0 aromatic rings. The largest absolute Gasteiger partial charge is 0.478 e. The zero-order valence-corrected chi connectivity index (χ0v) is 25.0. The van der Waals surface area contributed by atoms with Gasteiger partial charge in [-0.2, -0.15) is 0 Å². The van der Waals surface area contributed by atoms with Crippen LogP contribution < -0.4 is 0 Å². The number of hydrogen-bond donors (Lipinski definition) is 4. The summed E-state index contributed by atoms with van der Waals surface area (Å²) in [6.07, 6.45) is 6.25. The summed E-state index contributed by atoms with van der Waals surface area (Å²) in [7, 11) is 0. The smallest absolute Gasteiger partial charge is 0.331 e. The topological polar surface area (TPSA) is 98.0 Å². The molecule has 4 rings (SSSR count). The minimum atomic E-state index is -0.937. The number of carboxylic acids is 1. The minimum absolute atomic E-state index is 0. The average Bonchev–Trinajstić information content (AvgIpc) is 2.99. The quantitative estimate of drug-likeness (QED) is 0.256. The van der Waals surface area contributed by atoms with Crippen molar-refractivity contribution in [2.24, 2.45) is 39.9 Å². The fourth-order valence-corrected chi connectivity index (χ4v) is 9.51. The summed E-state index contributed by atoms with van der Waals surface area (Å²) in [5, 5.41) is 43.8. The van der Waals surface area contributed by atoms with E-state index in [9.17, 15) is 25.2 Å². The van der Waals surface area contributed by atoms with Crippen LogP contribution >= 0.6 is 0 Å². The van der Waals surface area contributed by atoms with Crippen molar-refractivity contribution in [2.75, 3.05) is 0 Å². The Labute approximate surface area is 233 Å². The molecular formula is C29H46NaO5. The van der Waals surface area contributed by atoms with Crippen LogP contribution in [0, 0.1) is 39.9 Å². The van der Waals surface area contributed by atoms with Crippen LogP contribution in [0.4, 0.5) is 0 Å². The molecule has 0 aliphatic heterocycles. The SMILES string of the molecule is CC(C)=CCC/C(C(=O)O)=C1/[C@@H](O)C[C@@]2(C)[C@H]1C[C@@H](O)[C@H]1[C@@]3(C)CC[C@@H](O)[C@@H](C)[C@@H]3CC[C@@]12C.[Na]. The minimum Gasteiger partial charge on any atom is -0.478 e. The van der Waals surface area contributed by atoms with Gasteiger partial charge in [0.15, 0.2) is 0 Å². The van der Waals surface area contributed by atoms with Crippen LogP contribution in [-0.2, 0) is 4.79 Å². The molecule has 4 N–H and O–H groups in total. The second-order valence-electron chi connectivity index (χ2n) is 13.1. The Morgan fingerprint density at radius 2 is 1.69 bits per heavy atom. The van der Waals surface area contributed by atoms with E-state index in [1.807, 2.05) is 13.8 Å². The van der Waals surface area contributed by atoms with Gasteiger partial charge in [-0.25, -0.2) is 4.79 Å². The van der Waals surface area contributed by atoms with Gasteiger partial charge in [-0.1, -0.05) is 39.3 Å². The van der Waals surface area contributed by atoms with E-state index in [0.29, 0.717) is 42.7 Å². The summed E-state index contributed by atoms with van der Waals surface area (Å²) in [6, 6.07) is 0. The van der Waals surface area contributed by atoms with E-state index in [4.69, 9.17) is 0 Å². The summed E-state index contributed by atoms with van der Waals surface area (Å²) < 4.78 is 0. The van der Waals surface area contributed by atoms with E-state index >= 15 is 0 Å². The maximum absolute atomic E-state index is 12.4. The van der Waals surface area contributed by atoms with E-state index in [1.165, 1.54) is 0 Å². The number of aliphatic carboxylic acids is 1. The number of aliphatic hydroxyl groups is 3. The van der Waals surface area contributed by atoms with Crippen LogP contribution in [0.25, 0.3) is 0 Å². The third-order valence-corrected chi connectivity index (χ3v) is 11.3. The van der Waals surface area contributed by atoms with Crippen molar-refractivity contribution in [1.29, 1.82) is 0 Å². The van der Waals surface area contributed by atoms with E-state index in [-0.39, 0.29) is 69.7 Å². The first kappa shape index (κ1) is 29.4. The second kappa shape index (κ2) is 10.2. The van der Waals surface area contributed by atoms with E-state index in [0.717, 1.165) is 31.3 Å². The molecule has 0 bridgehead atoms. The number of hydrogen-bond acceptors (Lipinski definition) is 4. The zero-order chi connectivity index (χ0) is 25.2. The molecule has 0 spiro atoms.